The summed E-state index contributed by atoms with van der Waals surface area (Å²) in [5.41, 5.74) is 2.70. The molecule has 4 nitrogen and oxygen atoms in total. The number of hydrogen-bond donors (Lipinski definition) is 0. The maximum Gasteiger partial charge on any atom is 0.325 e. The van der Waals surface area contributed by atoms with Crippen LogP contribution in [0.3, 0.4) is 0 Å². The van der Waals surface area contributed by atoms with Crippen molar-refractivity contribution in [3.8, 4) is 0 Å². The molecule has 0 saturated carbocycles. The molecular formula is C16H17NO3S. The molecule has 1 aromatic heterocycles. The van der Waals surface area contributed by atoms with Crippen molar-refractivity contribution in [2.24, 2.45) is 0 Å². The highest BCUT2D eigenvalue weighted by Crippen LogP contribution is 2.15. The van der Waals surface area contributed by atoms with Gasteiger partial charge in [0.15, 0.2) is 0 Å². The first-order valence-electron chi connectivity index (χ1n) is 6.54. The summed E-state index contributed by atoms with van der Waals surface area (Å²) in [7, 11) is 1.32. The molecule has 0 aliphatic heterocycles. The Hall–Kier alpha value is -2.14. The molecule has 2 rings (SSSR count). The lowest BCUT2D eigenvalue weighted by atomic mass is 10.1. The van der Waals surface area contributed by atoms with Gasteiger partial charge in [-0.2, -0.15) is 11.3 Å². The molecule has 1 heterocycles. The molecule has 0 atom stereocenters. The first kappa shape index (κ1) is 15.3. The number of amides is 1. The van der Waals surface area contributed by atoms with Crippen molar-refractivity contribution < 1.29 is 14.3 Å². The summed E-state index contributed by atoms with van der Waals surface area (Å²) in [4.78, 5) is 25.6. The minimum Gasteiger partial charge on any atom is -0.468 e. The van der Waals surface area contributed by atoms with Gasteiger partial charge in [-0.3, -0.25) is 9.59 Å². The molecule has 110 valence electrons. The van der Waals surface area contributed by atoms with Crippen molar-refractivity contribution in [1.82, 2.24) is 4.90 Å². The lowest BCUT2D eigenvalue weighted by molar-refractivity contribution is -0.141. The Kier molecular flexibility index (Phi) is 5.11. The molecule has 1 amide bonds. The largest absolute Gasteiger partial charge is 0.468 e. The third-order valence-electron chi connectivity index (χ3n) is 3.23. The molecule has 2 aromatic rings. The van der Waals surface area contributed by atoms with Gasteiger partial charge in [-0.05, 0) is 29.5 Å². The Morgan fingerprint density at radius 2 is 2.00 bits per heavy atom. The standard InChI is InChI=1S/C16H17NO3S/c1-12-5-3-4-6-13(12)9-17(10-15(18)20-2)16(19)14-7-8-21-11-14/h3-8,11H,9-10H2,1-2H3. The van der Waals surface area contributed by atoms with E-state index in [1.165, 1.54) is 23.3 Å². The zero-order valence-electron chi connectivity index (χ0n) is 12.0. The Bertz CT molecular complexity index is 622. The van der Waals surface area contributed by atoms with Gasteiger partial charge in [-0.15, -0.1) is 0 Å². The van der Waals surface area contributed by atoms with E-state index in [-0.39, 0.29) is 12.5 Å². The van der Waals surface area contributed by atoms with E-state index in [1.807, 2.05) is 36.6 Å². The summed E-state index contributed by atoms with van der Waals surface area (Å²) in [5.74, 6) is -0.586. The van der Waals surface area contributed by atoms with E-state index in [2.05, 4.69) is 4.74 Å². The number of carbonyl (C=O) groups is 2. The van der Waals surface area contributed by atoms with Crippen LogP contribution in [0.2, 0.25) is 0 Å². The number of esters is 1. The Morgan fingerprint density at radius 1 is 1.24 bits per heavy atom. The number of methoxy groups -OCH3 is 1. The number of rotatable bonds is 5. The summed E-state index contributed by atoms with van der Waals surface area (Å²) in [6.45, 7) is 2.32. The van der Waals surface area contributed by atoms with E-state index in [0.29, 0.717) is 12.1 Å². The highest BCUT2D eigenvalue weighted by atomic mass is 32.1. The normalized spacial score (nSPS) is 10.2. The van der Waals surface area contributed by atoms with E-state index < -0.39 is 5.97 Å². The van der Waals surface area contributed by atoms with Gasteiger partial charge in [0.2, 0.25) is 0 Å². The predicted octanol–water partition coefficient (Wildman–Crippen LogP) is 2.87. The summed E-state index contributed by atoms with van der Waals surface area (Å²) in [6, 6.07) is 9.58. The van der Waals surface area contributed by atoms with E-state index in [9.17, 15) is 9.59 Å². The number of nitrogens with zero attached hydrogens (tertiary/aromatic N) is 1. The molecule has 0 spiro atoms. The third-order valence-corrected chi connectivity index (χ3v) is 3.91. The van der Waals surface area contributed by atoms with Gasteiger partial charge >= 0.3 is 5.97 Å². The second kappa shape index (κ2) is 7.04. The maximum atomic E-state index is 12.5. The zero-order valence-corrected chi connectivity index (χ0v) is 12.9. The van der Waals surface area contributed by atoms with Crippen molar-refractivity contribution in [1.29, 1.82) is 0 Å². The number of carbonyl (C=O) groups excluding carboxylic acids is 2. The first-order chi connectivity index (χ1) is 10.1. The van der Waals surface area contributed by atoms with E-state index >= 15 is 0 Å². The van der Waals surface area contributed by atoms with E-state index in [4.69, 9.17) is 0 Å². The predicted molar refractivity (Wildman–Crippen MR) is 82.3 cm³/mol. The van der Waals surface area contributed by atoms with Crippen molar-refractivity contribution in [3.05, 3.63) is 57.8 Å². The molecule has 5 heteroatoms. The van der Waals surface area contributed by atoms with Crippen LogP contribution in [-0.2, 0) is 16.1 Å². The maximum absolute atomic E-state index is 12.5. The molecule has 21 heavy (non-hydrogen) atoms. The average molecular weight is 303 g/mol. The average Bonchev–Trinajstić information content (AvgIpc) is 3.02. The van der Waals surface area contributed by atoms with Crippen molar-refractivity contribution in [2.75, 3.05) is 13.7 Å². The molecule has 1 aromatic carbocycles. The molecule has 0 aliphatic rings. The molecule has 0 fully saturated rings. The molecule has 0 saturated heterocycles. The smallest absolute Gasteiger partial charge is 0.325 e. The van der Waals surface area contributed by atoms with Crippen LogP contribution in [0.1, 0.15) is 21.5 Å². The topological polar surface area (TPSA) is 46.6 Å². The second-order valence-corrected chi connectivity index (χ2v) is 5.46. The van der Waals surface area contributed by atoms with Gasteiger partial charge in [0, 0.05) is 11.9 Å². The number of aryl methyl sites for hydroxylation is 1. The zero-order chi connectivity index (χ0) is 15.2. The SMILES string of the molecule is COC(=O)CN(Cc1ccccc1C)C(=O)c1ccsc1. The van der Waals surface area contributed by atoms with Gasteiger partial charge in [0.25, 0.3) is 5.91 Å². The fraction of sp³-hybridized carbons (Fsp3) is 0.250. The van der Waals surface area contributed by atoms with Crippen molar-refractivity contribution >= 4 is 23.2 Å². The number of benzene rings is 1. The fourth-order valence-corrected chi connectivity index (χ4v) is 2.61. The Balaban J connectivity index is 2.22. The summed E-state index contributed by atoms with van der Waals surface area (Å²) < 4.78 is 4.69. The van der Waals surface area contributed by atoms with Gasteiger partial charge in [0.1, 0.15) is 6.54 Å². The van der Waals surface area contributed by atoms with Crippen LogP contribution in [-0.4, -0.2) is 30.4 Å². The van der Waals surface area contributed by atoms with Gasteiger partial charge in [-0.1, -0.05) is 24.3 Å². The van der Waals surface area contributed by atoms with Crippen LogP contribution in [0.15, 0.2) is 41.1 Å². The van der Waals surface area contributed by atoms with E-state index in [1.54, 1.807) is 11.4 Å². The molecule has 0 bridgehead atoms. The monoisotopic (exact) mass is 303 g/mol. The molecule has 0 radical (unpaired) electrons. The molecule has 0 unspecified atom stereocenters. The summed E-state index contributed by atoms with van der Waals surface area (Å²) in [5, 5.41) is 3.63. The number of ether oxygens (including phenoxy) is 1. The van der Waals surface area contributed by atoms with Crippen LogP contribution in [0.25, 0.3) is 0 Å². The third kappa shape index (κ3) is 3.92. The molecule has 0 N–H and O–H groups in total. The first-order valence-corrected chi connectivity index (χ1v) is 7.49. The molecular weight excluding hydrogens is 286 g/mol. The Labute approximate surface area is 128 Å². The lowest BCUT2D eigenvalue weighted by Gasteiger charge is -2.22. The minimum absolute atomic E-state index is 0.0560. The number of thiophene rings is 1. The quantitative estimate of drug-likeness (QED) is 0.798. The van der Waals surface area contributed by atoms with Crippen LogP contribution in [0.5, 0.6) is 0 Å². The summed E-state index contributed by atoms with van der Waals surface area (Å²) >= 11 is 1.46. The summed E-state index contributed by atoms with van der Waals surface area (Å²) in [6.07, 6.45) is 0. The van der Waals surface area contributed by atoms with Crippen LogP contribution >= 0.6 is 11.3 Å². The Morgan fingerprint density at radius 3 is 2.62 bits per heavy atom. The van der Waals surface area contributed by atoms with Gasteiger partial charge in [0.05, 0.1) is 12.7 Å². The highest BCUT2D eigenvalue weighted by molar-refractivity contribution is 7.08. The van der Waals surface area contributed by atoms with Gasteiger partial charge < -0.3 is 9.64 Å². The van der Waals surface area contributed by atoms with Gasteiger partial charge in [-0.25, -0.2) is 0 Å². The van der Waals surface area contributed by atoms with Crippen molar-refractivity contribution in [2.45, 2.75) is 13.5 Å². The van der Waals surface area contributed by atoms with Crippen LogP contribution in [0.4, 0.5) is 0 Å². The highest BCUT2D eigenvalue weighted by Gasteiger charge is 2.20. The minimum atomic E-state index is -0.424. The molecule has 0 aliphatic carbocycles. The second-order valence-electron chi connectivity index (χ2n) is 4.68. The number of hydrogen-bond acceptors (Lipinski definition) is 4. The van der Waals surface area contributed by atoms with Crippen LogP contribution < -0.4 is 0 Å². The van der Waals surface area contributed by atoms with E-state index in [0.717, 1.165) is 11.1 Å². The lowest BCUT2D eigenvalue weighted by Crippen LogP contribution is -2.35. The van der Waals surface area contributed by atoms with Crippen molar-refractivity contribution in [3.63, 3.8) is 0 Å². The fourth-order valence-electron chi connectivity index (χ4n) is 1.98. The van der Waals surface area contributed by atoms with Crippen LogP contribution in [0, 0.1) is 6.92 Å².